The predicted octanol–water partition coefficient (Wildman–Crippen LogP) is 1.70. The standard InChI is InChI=1S/C13H26N2O2/c1-12(2,3)8-14-10(16)7-11(17)15-9-13(4,5)6/h7-9H2,1-6H3,(H,14,16)(H,15,17). The average molecular weight is 242 g/mol. The van der Waals surface area contributed by atoms with Crippen molar-refractivity contribution in [3.8, 4) is 0 Å². The molecule has 0 aliphatic carbocycles. The molecule has 0 saturated heterocycles. The molecule has 4 heteroatoms. The lowest BCUT2D eigenvalue weighted by molar-refractivity contribution is -0.129. The number of amides is 2. The van der Waals surface area contributed by atoms with Crippen molar-refractivity contribution in [1.29, 1.82) is 0 Å². The van der Waals surface area contributed by atoms with Gasteiger partial charge in [-0.2, -0.15) is 0 Å². The van der Waals surface area contributed by atoms with Gasteiger partial charge in [-0.25, -0.2) is 0 Å². The van der Waals surface area contributed by atoms with E-state index < -0.39 is 0 Å². The first-order valence-electron chi connectivity index (χ1n) is 6.03. The van der Waals surface area contributed by atoms with Crippen LogP contribution in [0.2, 0.25) is 0 Å². The van der Waals surface area contributed by atoms with Crippen molar-refractivity contribution in [1.82, 2.24) is 10.6 Å². The Kier molecular flexibility index (Phi) is 5.66. The van der Waals surface area contributed by atoms with Gasteiger partial charge in [0, 0.05) is 13.1 Å². The highest BCUT2D eigenvalue weighted by atomic mass is 16.2. The minimum atomic E-state index is -0.216. The Bertz CT molecular complexity index is 244. The van der Waals surface area contributed by atoms with E-state index in [4.69, 9.17) is 0 Å². The normalized spacial score (nSPS) is 12.1. The Morgan fingerprint density at radius 3 is 1.29 bits per heavy atom. The molecule has 0 fully saturated rings. The second-order valence-corrected chi connectivity index (χ2v) is 6.85. The predicted molar refractivity (Wildman–Crippen MR) is 69.5 cm³/mol. The summed E-state index contributed by atoms with van der Waals surface area (Å²) in [6.45, 7) is 13.4. The molecule has 2 N–H and O–H groups in total. The third-order valence-corrected chi connectivity index (χ3v) is 1.95. The zero-order valence-electron chi connectivity index (χ0n) is 11.9. The molecule has 0 aromatic carbocycles. The van der Waals surface area contributed by atoms with Crippen LogP contribution in [0.4, 0.5) is 0 Å². The van der Waals surface area contributed by atoms with Gasteiger partial charge in [0.15, 0.2) is 0 Å². The van der Waals surface area contributed by atoms with E-state index in [0.717, 1.165) is 0 Å². The SMILES string of the molecule is CC(C)(C)CNC(=O)CC(=O)NCC(C)(C)C. The number of rotatable bonds is 4. The second-order valence-electron chi connectivity index (χ2n) is 6.85. The van der Waals surface area contributed by atoms with Gasteiger partial charge in [0.05, 0.1) is 0 Å². The van der Waals surface area contributed by atoms with E-state index in [2.05, 4.69) is 10.6 Å². The molecule has 100 valence electrons. The minimum absolute atomic E-state index is 0.0392. The number of nitrogens with one attached hydrogen (secondary N) is 2. The first-order chi connectivity index (χ1) is 7.49. The van der Waals surface area contributed by atoms with E-state index in [9.17, 15) is 9.59 Å². The summed E-state index contributed by atoms with van der Waals surface area (Å²) in [5.74, 6) is -0.433. The third kappa shape index (κ3) is 11.2. The van der Waals surface area contributed by atoms with E-state index in [0.29, 0.717) is 13.1 Å². The molecule has 17 heavy (non-hydrogen) atoms. The van der Waals surface area contributed by atoms with Gasteiger partial charge < -0.3 is 10.6 Å². The van der Waals surface area contributed by atoms with Crippen LogP contribution in [0.1, 0.15) is 48.0 Å². The van der Waals surface area contributed by atoms with Crippen molar-refractivity contribution in [2.75, 3.05) is 13.1 Å². The number of hydrogen-bond acceptors (Lipinski definition) is 2. The lowest BCUT2D eigenvalue weighted by Crippen LogP contribution is -2.38. The van der Waals surface area contributed by atoms with Gasteiger partial charge in [-0.05, 0) is 10.8 Å². The second kappa shape index (κ2) is 6.03. The van der Waals surface area contributed by atoms with Gasteiger partial charge in [0.2, 0.25) is 11.8 Å². The van der Waals surface area contributed by atoms with Crippen molar-refractivity contribution >= 4 is 11.8 Å². The summed E-state index contributed by atoms with van der Waals surface area (Å²) < 4.78 is 0. The summed E-state index contributed by atoms with van der Waals surface area (Å²) in [6, 6.07) is 0. The molecule has 4 nitrogen and oxygen atoms in total. The molecule has 0 aromatic rings. The molecular weight excluding hydrogens is 216 g/mol. The van der Waals surface area contributed by atoms with Crippen molar-refractivity contribution in [2.45, 2.75) is 48.0 Å². The molecule has 0 spiro atoms. The Morgan fingerprint density at radius 1 is 0.765 bits per heavy atom. The first-order valence-corrected chi connectivity index (χ1v) is 6.03. The summed E-state index contributed by atoms with van der Waals surface area (Å²) in [6.07, 6.45) is -0.0911. The molecule has 0 heterocycles. The molecule has 0 rings (SSSR count). The average Bonchev–Trinajstić information content (AvgIpc) is 2.09. The Balaban J connectivity index is 3.86. The molecule has 0 radical (unpaired) electrons. The fourth-order valence-corrected chi connectivity index (χ4v) is 0.998. The lowest BCUT2D eigenvalue weighted by Gasteiger charge is -2.20. The number of carbonyl (C=O) groups excluding carboxylic acids is 2. The molecule has 0 aliphatic heterocycles. The monoisotopic (exact) mass is 242 g/mol. The maximum absolute atomic E-state index is 11.5. The van der Waals surface area contributed by atoms with E-state index in [1.165, 1.54) is 0 Å². The Morgan fingerprint density at radius 2 is 1.06 bits per heavy atom. The highest BCUT2D eigenvalue weighted by Gasteiger charge is 2.16. The van der Waals surface area contributed by atoms with Crippen LogP contribution in [0.3, 0.4) is 0 Å². The van der Waals surface area contributed by atoms with Gasteiger partial charge >= 0.3 is 0 Å². The van der Waals surface area contributed by atoms with Crippen LogP contribution in [-0.2, 0) is 9.59 Å². The zero-order valence-corrected chi connectivity index (χ0v) is 11.9. The Labute approximate surface area is 105 Å². The maximum Gasteiger partial charge on any atom is 0.229 e. The zero-order chi connectivity index (χ0) is 13.7. The van der Waals surface area contributed by atoms with Gasteiger partial charge in [0.25, 0.3) is 0 Å². The van der Waals surface area contributed by atoms with E-state index >= 15 is 0 Å². The topological polar surface area (TPSA) is 58.2 Å². The van der Waals surface area contributed by atoms with E-state index in [-0.39, 0.29) is 29.1 Å². The molecule has 0 atom stereocenters. The first kappa shape index (κ1) is 15.9. The van der Waals surface area contributed by atoms with Crippen molar-refractivity contribution in [2.24, 2.45) is 10.8 Å². The molecule has 0 unspecified atom stereocenters. The maximum atomic E-state index is 11.5. The minimum Gasteiger partial charge on any atom is -0.355 e. The lowest BCUT2D eigenvalue weighted by atomic mass is 9.97. The third-order valence-electron chi connectivity index (χ3n) is 1.95. The van der Waals surface area contributed by atoms with Crippen LogP contribution in [0.25, 0.3) is 0 Å². The fourth-order valence-electron chi connectivity index (χ4n) is 0.998. The summed E-state index contributed by atoms with van der Waals surface area (Å²) in [5, 5.41) is 5.50. The van der Waals surface area contributed by atoms with Crippen molar-refractivity contribution in [3.63, 3.8) is 0 Å². The summed E-state index contributed by atoms with van der Waals surface area (Å²) in [5.41, 5.74) is 0.0785. The molecule has 0 aliphatic rings. The van der Waals surface area contributed by atoms with Gasteiger partial charge in [-0.15, -0.1) is 0 Å². The smallest absolute Gasteiger partial charge is 0.229 e. The molecular formula is C13H26N2O2. The summed E-state index contributed by atoms with van der Waals surface area (Å²) in [7, 11) is 0. The molecule has 2 amide bonds. The van der Waals surface area contributed by atoms with Crippen LogP contribution < -0.4 is 10.6 Å². The fraction of sp³-hybridized carbons (Fsp3) is 0.846. The summed E-state index contributed by atoms with van der Waals surface area (Å²) in [4.78, 5) is 22.9. The molecule has 0 aromatic heterocycles. The number of carbonyl (C=O) groups is 2. The van der Waals surface area contributed by atoms with Crippen molar-refractivity contribution < 1.29 is 9.59 Å². The molecule has 0 bridgehead atoms. The largest absolute Gasteiger partial charge is 0.355 e. The quantitative estimate of drug-likeness (QED) is 0.737. The highest BCUT2D eigenvalue weighted by molar-refractivity contribution is 5.96. The van der Waals surface area contributed by atoms with Crippen LogP contribution in [0, 0.1) is 10.8 Å². The van der Waals surface area contributed by atoms with Crippen LogP contribution in [-0.4, -0.2) is 24.9 Å². The Hall–Kier alpha value is -1.06. The van der Waals surface area contributed by atoms with Crippen LogP contribution in [0.5, 0.6) is 0 Å². The van der Waals surface area contributed by atoms with Crippen LogP contribution >= 0.6 is 0 Å². The highest BCUT2D eigenvalue weighted by Crippen LogP contribution is 2.11. The van der Waals surface area contributed by atoms with Crippen LogP contribution in [0.15, 0.2) is 0 Å². The van der Waals surface area contributed by atoms with Crippen molar-refractivity contribution in [3.05, 3.63) is 0 Å². The van der Waals surface area contributed by atoms with E-state index in [1.54, 1.807) is 0 Å². The van der Waals surface area contributed by atoms with Gasteiger partial charge in [-0.3, -0.25) is 9.59 Å². The number of hydrogen-bond donors (Lipinski definition) is 2. The van der Waals surface area contributed by atoms with E-state index in [1.807, 2.05) is 41.5 Å². The summed E-state index contributed by atoms with van der Waals surface area (Å²) >= 11 is 0. The molecule has 0 saturated carbocycles. The van der Waals surface area contributed by atoms with Gasteiger partial charge in [0.1, 0.15) is 6.42 Å². The van der Waals surface area contributed by atoms with Gasteiger partial charge in [-0.1, -0.05) is 41.5 Å².